The van der Waals surface area contributed by atoms with Crippen molar-refractivity contribution in [3.05, 3.63) is 34.6 Å². The van der Waals surface area contributed by atoms with E-state index in [2.05, 4.69) is 4.74 Å². The minimum absolute atomic E-state index is 0.0752. The van der Waals surface area contributed by atoms with Crippen molar-refractivity contribution in [1.29, 1.82) is 0 Å². The molecule has 1 aromatic rings. The van der Waals surface area contributed by atoms with E-state index in [4.69, 9.17) is 16.3 Å². The van der Waals surface area contributed by atoms with Gasteiger partial charge >= 0.3 is 5.97 Å². The van der Waals surface area contributed by atoms with Crippen molar-refractivity contribution >= 4 is 17.6 Å². The van der Waals surface area contributed by atoms with Gasteiger partial charge in [-0.15, -0.1) is 0 Å². The Hall–Kier alpha value is -1.17. The second-order valence-electron chi connectivity index (χ2n) is 4.34. The average molecular weight is 288 g/mol. The minimum Gasteiger partial charge on any atom is -0.468 e. The van der Waals surface area contributed by atoms with Gasteiger partial charge in [0.05, 0.1) is 31.4 Å². The molecule has 1 saturated heterocycles. The number of carbonyl (C=O) groups excluding carboxylic acids is 1. The summed E-state index contributed by atoms with van der Waals surface area (Å²) in [5.74, 6) is -0.731. The molecule has 1 aliphatic heterocycles. The Kier molecular flexibility index (Phi) is 4.74. The summed E-state index contributed by atoms with van der Waals surface area (Å²) in [5.41, 5.74) is 0.806. The van der Waals surface area contributed by atoms with Crippen LogP contribution in [0.15, 0.2) is 18.2 Å². The second-order valence-corrected chi connectivity index (χ2v) is 4.75. The second kappa shape index (κ2) is 6.32. The van der Waals surface area contributed by atoms with Gasteiger partial charge < -0.3 is 9.47 Å². The van der Waals surface area contributed by atoms with Crippen LogP contribution in [0.3, 0.4) is 0 Å². The van der Waals surface area contributed by atoms with Gasteiger partial charge in [-0.3, -0.25) is 9.69 Å². The highest BCUT2D eigenvalue weighted by atomic mass is 35.5. The topological polar surface area (TPSA) is 38.8 Å². The van der Waals surface area contributed by atoms with Crippen LogP contribution in [0.4, 0.5) is 4.39 Å². The van der Waals surface area contributed by atoms with E-state index < -0.39 is 5.82 Å². The molecule has 0 bridgehead atoms. The molecule has 0 unspecified atom stereocenters. The van der Waals surface area contributed by atoms with Crippen molar-refractivity contribution < 1.29 is 18.7 Å². The Bertz CT molecular complexity index is 469. The predicted molar refractivity (Wildman–Crippen MR) is 68.6 cm³/mol. The summed E-state index contributed by atoms with van der Waals surface area (Å²) in [6.45, 7) is 1.96. The van der Waals surface area contributed by atoms with Crippen molar-refractivity contribution in [3.8, 4) is 0 Å². The number of hydrogen-bond acceptors (Lipinski definition) is 4. The lowest BCUT2D eigenvalue weighted by Crippen LogP contribution is -2.41. The third-order valence-corrected chi connectivity index (χ3v) is 3.34. The minimum atomic E-state index is -0.451. The summed E-state index contributed by atoms with van der Waals surface area (Å²) < 4.78 is 23.4. The molecule has 1 heterocycles. The van der Waals surface area contributed by atoms with Crippen molar-refractivity contribution in [2.45, 2.75) is 6.10 Å². The van der Waals surface area contributed by atoms with Crippen LogP contribution in [0.2, 0.25) is 5.02 Å². The molecule has 0 aliphatic carbocycles. The van der Waals surface area contributed by atoms with Crippen molar-refractivity contribution in [2.24, 2.45) is 0 Å². The number of ether oxygens (including phenoxy) is 2. The summed E-state index contributed by atoms with van der Waals surface area (Å²) >= 11 is 5.76. The fourth-order valence-corrected chi connectivity index (χ4v) is 2.20. The maximum Gasteiger partial charge on any atom is 0.319 e. The normalized spacial score (nSPS) is 20.3. The molecule has 19 heavy (non-hydrogen) atoms. The summed E-state index contributed by atoms with van der Waals surface area (Å²) in [7, 11) is 1.36. The molecule has 0 amide bonds. The molecule has 0 spiro atoms. The maximum atomic E-state index is 13.1. The first-order valence-electron chi connectivity index (χ1n) is 5.96. The number of nitrogens with zero attached hydrogens (tertiary/aromatic N) is 1. The van der Waals surface area contributed by atoms with Crippen LogP contribution in [0.25, 0.3) is 0 Å². The largest absolute Gasteiger partial charge is 0.468 e. The maximum absolute atomic E-state index is 13.1. The standard InChI is InChI=1S/C13H15ClFNO3/c1-18-13(17)8-16-4-5-19-12(7-16)9-2-3-11(15)10(14)6-9/h2-3,6,12H,4-5,7-8H2,1H3/t12-/m0/s1. The van der Waals surface area contributed by atoms with Gasteiger partial charge in [-0.05, 0) is 17.7 Å². The molecule has 1 aromatic carbocycles. The van der Waals surface area contributed by atoms with Crippen LogP contribution < -0.4 is 0 Å². The average Bonchev–Trinajstić information content (AvgIpc) is 2.42. The van der Waals surface area contributed by atoms with Gasteiger partial charge in [0.1, 0.15) is 5.82 Å². The van der Waals surface area contributed by atoms with Crippen molar-refractivity contribution in [3.63, 3.8) is 0 Å². The number of morpholine rings is 1. The van der Waals surface area contributed by atoms with E-state index in [-0.39, 0.29) is 23.6 Å². The Morgan fingerprint density at radius 3 is 3.11 bits per heavy atom. The van der Waals surface area contributed by atoms with Gasteiger partial charge in [0.15, 0.2) is 0 Å². The van der Waals surface area contributed by atoms with Crippen molar-refractivity contribution in [2.75, 3.05) is 33.4 Å². The van der Waals surface area contributed by atoms with Crippen LogP contribution in [0.1, 0.15) is 11.7 Å². The predicted octanol–water partition coefficient (Wildman–Crippen LogP) is 2.03. The molecule has 1 fully saturated rings. The van der Waals surface area contributed by atoms with E-state index >= 15 is 0 Å². The first-order chi connectivity index (χ1) is 9.10. The van der Waals surface area contributed by atoms with Gasteiger partial charge in [-0.25, -0.2) is 4.39 Å². The third-order valence-electron chi connectivity index (χ3n) is 3.05. The smallest absolute Gasteiger partial charge is 0.319 e. The molecular formula is C13H15ClFNO3. The Balaban J connectivity index is 2.04. The molecule has 0 N–H and O–H groups in total. The molecule has 6 heteroatoms. The van der Waals surface area contributed by atoms with E-state index in [1.54, 1.807) is 12.1 Å². The summed E-state index contributed by atoms with van der Waals surface area (Å²) in [5, 5.41) is 0.0752. The zero-order valence-electron chi connectivity index (χ0n) is 10.6. The molecule has 2 rings (SSSR count). The monoisotopic (exact) mass is 287 g/mol. The Morgan fingerprint density at radius 2 is 2.42 bits per heavy atom. The number of esters is 1. The summed E-state index contributed by atoms with van der Waals surface area (Å²) in [6, 6.07) is 4.52. The lowest BCUT2D eigenvalue weighted by molar-refractivity contribution is -0.143. The van der Waals surface area contributed by atoms with E-state index in [9.17, 15) is 9.18 Å². The SMILES string of the molecule is COC(=O)CN1CCO[C@H](c2ccc(F)c(Cl)c2)C1. The fourth-order valence-electron chi connectivity index (χ4n) is 2.01. The third kappa shape index (κ3) is 3.65. The fraction of sp³-hybridized carbons (Fsp3) is 0.462. The Morgan fingerprint density at radius 1 is 1.63 bits per heavy atom. The van der Waals surface area contributed by atoms with Crippen LogP contribution in [0, 0.1) is 5.82 Å². The number of benzene rings is 1. The summed E-state index contributed by atoms with van der Waals surface area (Å²) in [6.07, 6.45) is -0.212. The van der Waals surface area contributed by atoms with E-state index in [0.717, 1.165) is 5.56 Å². The first kappa shape index (κ1) is 14.2. The Labute approximate surface area is 116 Å². The van der Waals surface area contributed by atoms with E-state index in [1.165, 1.54) is 13.2 Å². The number of rotatable bonds is 3. The molecule has 0 saturated carbocycles. The van der Waals surface area contributed by atoms with Crippen molar-refractivity contribution in [1.82, 2.24) is 4.90 Å². The molecule has 1 atom stereocenters. The summed E-state index contributed by atoms with van der Waals surface area (Å²) in [4.78, 5) is 13.2. The van der Waals surface area contributed by atoms with Gasteiger partial charge in [0.2, 0.25) is 0 Å². The van der Waals surface area contributed by atoms with Crippen LogP contribution >= 0.6 is 11.6 Å². The number of methoxy groups -OCH3 is 1. The van der Waals surface area contributed by atoms with Gasteiger partial charge in [0.25, 0.3) is 0 Å². The lowest BCUT2D eigenvalue weighted by atomic mass is 10.1. The molecule has 1 aliphatic rings. The highest BCUT2D eigenvalue weighted by molar-refractivity contribution is 6.30. The lowest BCUT2D eigenvalue weighted by Gasteiger charge is -2.32. The van der Waals surface area contributed by atoms with E-state index in [0.29, 0.717) is 19.7 Å². The molecule has 4 nitrogen and oxygen atoms in total. The van der Waals surface area contributed by atoms with Gasteiger partial charge in [-0.1, -0.05) is 17.7 Å². The molecular weight excluding hydrogens is 273 g/mol. The zero-order chi connectivity index (χ0) is 13.8. The highest BCUT2D eigenvalue weighted by Gasteiger charge is 2.24. The number of halogens is 2. The van der Waals surface area contributed by atoms with E-state index in [1.807, 2.05) is 4.90 Å². The van der Waals surface area contributed by atoms with Gasteiger partial charge in [0, 0.05) is 13.1 Å². The number of carbonyl (C=O) groups is 1. The quantitative estimate of drug-likeness (QED) is 0.798. The highest BCUT2D eigenvalue weighted by Crippen LogP contribution is 2.26. The zero-order valence-corrected chi connectivity index (χ0v) is 11.3. The van der Waals surface area contributed by atoms with Crippen LogP contribution in [-0.2, 0) is 14.3 Å². The molecule has 0 radical (unpaired) electrons. The molecule has 104 valence electrons. The number of hydrogen-bond donors (Lipinski definition) is 0. The first-order valence-corrected chi connectivity index (χ1v) is 6.33. The van der Waals surface area contributed by atoms with Crippen LogP contribution in [-0.4, -0.2) is 44.2 Å². The van der Waals surface area contributed by atoms with Gasteiger partial charge in [-0.2, -0.15) is 0 Å². The molecule has 0 aromatic heterocycles. The van der Waals surface area contributed by atoms with Crippen LogP contribution in [0.5, 0.6) is 0 Å².